The third-order valence-electron chi connectivity index (χ3n) is 9.53. The summed E-state index contributed by atoms with van der Waals surface area (Å²) in [5.41, 5.74) is 10.4. The molecule has 1 saturated carbocycles. The zero-order valence-corrected chi connectivity index (χ0v) is 26.1. The Kier molecular flexibility index (Phi) is 7.28. The van der Waals surface area contributed by atoms with Crippen molar-refractivity contribution in [1.29, 1.82) is 0 Å². The van der Waals surface area contributed by atoms with Crippen LogP contribution in [0.25, 0.3) is 12.2 Å². The molecule has 2 aromatic carbocycles. The average Bonchev–Trinajstić information content (AvgIpc) is 3.08. The number of halogens is 2. The number of allylic oxidation sites excluding steroid dienone is 2. The van der Waals surface area contributed by atoms with Gasteiger partial charge in [0, 0.05) is 0 Å². The Bertz CT molecular complexity index is 1080. The molecular formula is C32H40Cl2Zr. The van der Waals surface area contributed by atoms with E-state index in [1.54, 1.807) is 22.3 Å². The van der Waals surface area contributed by atoms with E-state index in [1.807, 2.05) is 0 Å². The molecule has 186 valence electrons. The van der Waals surface area contributed by atoms with Crippen LogP contribution in [0.2, 0.25) is 7.25 Å². The van der Waals surface area contributed by atoms with Gasteiger partial charge in [0.15, 0.2) is 0 Å². The van der Waals surface area contributed by atoms with Crippen LogP contribution >= 0.6 is 0 Å². The third kappa shape index (κ3) is 4.02. The molecule has 6 rings (SSSR count). The summed E-state index contributed by atoms with van der Waals surface area (Å²) in [7, 11) is 0. The molecule has 0 nitrogen and oxygen atoms in total. The fourth-order valence-electron chi connectivity index (χ4n) is 8.27. The van der Waals surface area contributed by atoms with E-state index in [1.165, 1.54) is 36.8 Å². The summed E-state index contributed by atoms with van der Waals surface area (Å²) in [6, 6.07) is 19.0. The molecule has 4 unspecified atom stereocenters. The van der Waals surface area contributed by atoms with E-state index in [0.29, 0.717) is 0 Å². The molecule has 0 bridgehead atoms. The second-order valence-corrected chi connectivity index (χ2v) is 24.7. The van der Waals surface area contributed by atoms with Gasteiger partial charge in [0.1, 0.15) is 0 Å². The standard InChI is InChI=1S/2C13H15.C6H10.2ClH.Zr/c2*1-13(2,3)12-8-10-6-4-5-7-11(10)9-12;1-2-4-6-5-3-1;;;/h2*4-9H,1-3H3;1-2H,3-6H2;2*1H;/q;;;;;+2/p-2. The molecule has 4 aliphatic rings. The van der Waals surface area contributed by atoms with E-state index in [0.717, 1.165) is 14.5 Å². The molecule has 0 spiro atoms. The molecule has 3 aliphatic carbocycles. The summed E-state index contributed by atoms with van der Waals surface area (Å²) in [6.45, 7) is 14.9. The molecule has 1 heterocycles. The summed E-state index contributed by atoms with van der Waals surface area (Å²) in [5, 5.41) is 0. The second kappa shape index (κ2) is 9.29. The van der Waals surface area contributed by atoms with Crippen molar-refractivity contribution in [2.45, 2.75) is 81.7 Å². The van der Waals surface area contributed by atoms with Gasteiger partial charge in [-0.1, -0.05) is 0 Å². The molecule has 0 amide bonds. The topological polar surface area (TPSA) is 0 Å². The Morgan fingerprint density at radius 3 is 1.34 bits per heavy atom. The minimum Gasteiger partial charge on any atom is -1.00 e. The van der Waals surface area contributed by atoms with E-state index in [2.05, 4.69) is 102 Å². The first-order chi connectivity index (χ1) is 15.6. The van der Waals surface area contributed by atoms with Gasteiger partial charge in [-0.3, -0.25) is 0 Å². The molecule has 35 heavy (non-hydrogen) atoms. The van der Waals surface area contributed by atoms with Crippen molar-refractivity contribution < 1.29 is 45.1 Å². The predicted octanol–water partition coefficient (Wildman–Crippen LogP) is 3.68. The largest absolute Gasteiger partial charge is 1.00 e. The monoisotopic (exact) mass is 584 g/mol. The molecule has 1 saturated heterocycles. The summed E-state index contributed by atoms with van der Waals surface area (Å²) in [5.74, 6) is 0. The zero-order chi connectivity index (χ0) is 23.2. The van der Waals surface area contributed by atoms with Gasteiger partial charge in [0.25, 0.3) is 0 Å². The third-order valence-corrected chi connectivity index (χ3v) is 26.3. The van der Waals surface area contributed by atoms with Crippen LogP contribution in [0.3, 0.4) is 0 Å². The number of hydrogen-bond donors (Lipinski definition) is 0. The quantitative estimate of drug-likeness (QED) is 0.504. The fraction of sp³-hybridized carbons (Fsp3) is 0.500. The van der Waals surface area contributed by atoms with Gasteiger partial charge in [-0.2, -0.15) is 0 Å². The molecular weight excluding hydrogens is 546 g/mol. The van der Waals surface area contributed by atoms with Crippen LogP contribution in [0.15, 0.2) is 59.7 Å². The zero-order valence-electron chi connectivity index (χ0n) is 22.2. The normalized spacial score (nSPS) is 28.9. The van der Waals surface area contributed by atoms with Crippen LogP contribution in [0.5, 0.6) is 0 Å². The maximum absolute atomic E-state index is 2.83. The SMILES string of the molecule is CC(C)(C)C1=Cc2ccccc2[CH]1[Zr+2]1([CH]2C(C(C)(C)C)=Cc3ccccc32)[CH]2CCCC[CH]21.[Cl-].[Cl-]. The molecule has 3 heteroatoms. The van der Waals surface area contributed by atoms with Crippen molar-refractivity contribution in [3.63, 3.8) is 0 Å². The van der Waals surface area contributed by atoms with Crippen LogP contribution in [-0.4, -0.2) is 0 Å². The minimum absolute atomic E-state index is 0. The first kappa shape index (κ1) is 27.4. The maximum atomic E-state index is 2.63. The van der Waals surface area contributed by atoms with Gasteiger partial charge in [-0.25, -0.2) is 0 Å². The van der Waals surface area contributed by atoms with Gasteiger partial charge in [-0.05, 0) is 0 Å². The van der Waals surface area contributed by atoms with E-state index in [9.17, 15) is 0 Å². The average molecular weight is 587 g/mol. The number of benzene rings is 2. The molecule has 0 radical (unpaired) electrons. The van der Waals surface area contributed by atoms with E-state index in [4.69, 9.17) is 0 Å². The smallest absolute Gasteiger partial charge is 1.00 e. The van der Waals surface area contributed by atoms with Crippen molar-refractivity contribution in [3.8, 4) is 0 Å². The number of fused-ring (bicyclic) bond motifs is 3. The van der Waals surface area contributed by atoms with Gasteiger partial charge < -0.3 is 24.8 Å². The predicted molar refractivity (Wildman–Crippen MR) is 139 cm³/mol. The van der Waals surface area contributed by atoms with Gasteiger partial charge in [0.2, 0.25) is 0 Å². The van der Waals surface area contributed by atoms with Crippen molar-refractivity contribution in [2.24, 2.45) is 10.8 Å². The van der Waals surface area contributed by atoms with Gasteiger partial charge in [-0.15, -0.1) is 0 Å². The molecule has 1 aliphatic heterocycles. The number of hydrogen-bond acceptors (Lipinski definition) is 0. The van der Waals surface area contributed by atoms with E-state index < -0.39 is 20.3 Å². The van der Waals surface area contributed by atoms with E-state index >= 15 is 0 Å². The molecule has 2 fully saturated rings. The summed E-state index contributed by atoms with van der Waals surface area (Å²) in [6.07, 6.45) is 11.2. The van der Waals surface area contributed by atoms with Crippen molar-refractivity contribution >= 4 is 12.2 Å². The van der Waals surface area contributed by atoms with Gasteiger partial charge in [0.05, 0.1) is 0 Å². The Morgan fingerprint density at radius 2 is 0.971 bits per heavy atom. The van der Waals surface area contributed by atoms with Crippen molar-refractivity contribution in [2.75, 3.05) is 0 Å². The number of rotatable bonds is 2. The Balaban J connectivity index is 0.00000144. The van der Waals surface area contributed by atoms with Crippen molar-refractivity contribution in [3.05, 3.63) is 81.9 Å². The van der Waals surface area contributed by atoms with Crippen LogP contribution in [-0.2, 0) is 20.3 Å². The molecule has 0 aromatic heterocycles. The first-order valence-corrected chi connectivity index (χ1v) is 18.9. The molecule has 2 aromatic rings. The van der Waals surface area contributed by atoms with Crippen LogP contribution in [0.4, 0.5) is 0 Å². The van der Waals surface area contributed by atoms with Crippen LogP contribution in [0.1, 0.15) is 96.7 Å². The summed E-state index contributed by atoms with van der Waals surface area (Å²) < 4.78 is 3.59. The Morgan fingerprint density at radius 1 is 0.600 bits per heavy atom. The summed E-state index contributed by atoms with van der Waals surface area (Å²) >= 11 is -2.83. The van der Waals surface area contributed by atoms with Crippen molar-refractivity contribution in [1.82, 2.24) is 0 Å². The Labute approximate surface area is 230 Å². The Hall–Kier alpha value is -0.617. The van der Waals surface area contributed by atoms with Crippen LogP contribution < -0.4 is 24.8 Å². The van der Waals surface area contributed by atoms with Crippen LogP contribution in [0, 0.1) is 10.8 Å². The fourth-order valence-corrected chi connectivity index (χ4v) is 32.4. The molecule has 4 atom stereocenters. The second-order valence-electron chi connectivity index (χ2n) is 13.3. The molecule has 0 N–H and O–H groups in total. The minimum atomic E-state index is -2.83. The van der Waals surface area contributed by atoms with Gasteiger partial charge >= 0.3 is 207 Å². The first-order valence-electron chi connectivity index (χ1n) is 13.3. The van der Waals surface area contributed by atoms with E-state index in [-0.39, 0.29) is 35.6 Å². The summed E-state index contributed by atoms with van der Waals surface area (Å²) in [4.78, 5) is 0. The maximum Gasteiger partial charge on any atom is -1.00 e.